The van der Waals surface area contributed by atoms with E-state index < -0.39 is 17.4 Å². The average Bonchev–Trinajstić information content (AvgIpc) is 2.56. The Bertz CT molecular complexity index is 886. The van der Waals surface area contributed by atoms with Crippen LogP contribution < -0.4 is 5.43 Å². The molecule has 124 valence electrons. The second kappa shape index (κ2) is 7.97. The lowest BCUT2D eigenvalue weighted by molar-refractivity contribution is -0.141. The van der Waals surface area contributed by atoms with Crippen molar-refractivity contribution >= 4 is 22.8 Å². The highest BCUT2D eigenvalue weighted by Crippen LogP contribution is 2.11. The number of carbonyl (C=O) groups excluding carboxylic acids is 2. The van der Waals surface area contributed by atoms with E-state index in [-0.39, 0.29) is 18.6 Å². The second-order valence-corrected chi connectivity index (χ2v) is 4.80. The Morgan fingerprint density at radius 2 is 1.92 bits per heavy atom. The largest absolute Gasteiger partial charge is 0.465 e. The molecule has 1 heterocycles. The average molecular weight is 327 g/mol. The number of ether oxygens (including phenoxy) is 2. The molecule has 0 aliphatic carbocycles. The van der Waals surface area contributed by atoms with Gasteiger partial charge >= 0.3 is 11.9 Å². The zero-order valence-corrected chi connectivity index (χ0v) is 13.5. The molecule has 0 saturated heterocycles. The number of aromatic nitrogens is 1. The fourth-order valence-electron chi connectivity index (χ4n) is 2.09. The Hall–Kier alpha value is -3.07. The third-order valence-corrected chi connectivity index (χ3v) is 3.15. The molecule has 0 spiro atoms. The number of pyridine rings is 1. The number of H-pyrrole nitrogens is 1. The molecule has 0 radical (unpaired) electrons. The minimum Gasteiger partial charge on any atom is -0.465 e. The smallest absolute Gasteiger partial charge is 0.343 e. The van der Waals surface area contributed by atoms with Crippen molar-refractivity contribution in [2.75, 3.05) is 13.2 Å². The van der Waals surface area contributed by atoms with Crippen molar-refractivity contribution in [2.45, 2.75) is 20.3 Å². The van der Waals surface area contributed by atoms with E-state index in [1.54, 1.807) is 32.0 Å². The Kier molecular flexibility index (Phi) is 5.74. The molecule has 0 unspecified atom stereocenters. The molecule has 0 fully saturated rings. The number of hydrogen-bond acceptors (Lipinski definition) is 5. The van der Waals surface area contributed by atoms with Gasteiger partial charge in [-0.25, -0.2) is 4.79 Å². The third-order valence-electron chi connectivity index (χ3n) is 3.15. The molecule has 0 atom stereocenters. The normalized spacial score (nSPS) is 9.92. The fourth-order valence-corrected chi connectivity index (χ4v) is 2.09. The van der Waals surface area contributed by atoms with Gasteiger partial charge in [-0.05, 0) is 32.0 Å². The lowest BCUT2D eigenvalue weighted by atomic mass is 10.1. The molecule has 6 heteroatoms. The number of nitrogens with one attached hydrogen (secondary N) is 1. The van der Waals surface area contributed by atoms with E-state index >= 15 is 0 Å². The van der Waals surface area contributed by atoms with E-state index in [1.165, 1.54) is 6.20 Å². The Labute approximate surface area is 138 Å². The van der Waals surface area contributed by atoms with Gasteiger partial charge in [0, 0.05) is 22.7 Å². The molecule has 6 nitrogen and oxygen atoms in total. The van der Waals surface area contributed by atoms with Gasteiger partial charge in [0.25, 0.3) is 0 Å². The summed E-state index contributed by atoms with van der Waals surface area (Å²) in [6.07, 6.45) is 1.32. The van der Waals surface area contributed by atoms with Gasteiger partial charge in [0.2, 0.25) is 5.43 Å². The first-order chi connectivity index (χ1) is 11.6. The van der Waals surface area contributed by atoms with Gasteiger partial charge in [-0.15, -0.1) is 0 Å². The Morgan fingerprint density at radius 3 is 2.62 bits per heavy atom. The van der Waals surface area contributed by atoms with E-state index in [2.05, 4.69) is 16.8 Å². The molecular formula is C18H17NO5. The minimum atomic E-state index is -0.667. The van der Waals surface area contributed by atoms with Gasteiger partial charge in [-0.1, -0.05) is 11.8 Å². The summed E-state index contributed by atoms with van der Waals surface area (Å²) in [6, 6.07) is 5.00. The van der Waals surface area contributed by atoms with Gasteiger partial charge in [-0.3, -0.25) is 9.59 Å². The summed E-state index contributed by atoms with van der Waals surface area (Å²) in [5, 5.41) is 0.337. The lowest BCUT2D eigenvalue weighted by Gasteiger charge is -2.03. The summed E-state index contributed by atoms with van der Waals surface area (Å²) in [4.78, 5) is 38.3. The lowest BCUT2D eigenvalue weighted by Crippen LogP contribution is -2.18. The molecular weight excluding hydrogens is 310 g/mol. The fraction of sp³-hybridized carbons (Fsp3) is 0.278. The number of aromatic amines is 1. The standard InChI is InChI=1S/C18H17NO5/c1-3-23-16(20)7-5-6-12-8-9-15-13(10-12)17(21)14(11-19-15)18(22)24-4-2/h8-11H,3-4,7H2,1-2H3,(H,19,21). The van der Waals surface area contributed by atoms with Crippen LogP contribution in [0.1, 0.15) is 36.2 Å². The molecule has 0 bridgehead atoms. The number of fused-ring (bicyclic) bond motifs is 1. The van der Waals surface area contributed by atoms with Crippen LogP contribution in [0.5, 0.6) is 0 Å². The molecule has 1 aromatic heterocycles. The van der Waals surface area contributed by atoms with Gasteiger partial charge in [-0.2, -0.15) is 0 Å². The van der Waals surface area contributed by atoms with Crippen LogP contribution in [0, 0.1) is 11.8 Å². The summed E-state index contributed by atoms with van der Waals surface area (Å²) in [5.41, 5.74) is 0.680. The van der Waals surface area contributed by atoms with Crippen molar-refractivity contribution in [3.05, 3.63) is 45.7 Å². The molecule has 0 amide bonds. The molecule has 2 rings (SSSR count). The monoisotopic (exact) mass is 327 g/mol. The zero-order chi connectivity index (χ0) is 17.5. The van der Waals surface area contributed by atoms with Crippen LogP contribution in [0.15, 0.2) is 29.2 Å². The van der Waals surface area contributed by atoms with Crippen LogP contribution in [0.3, 0.4) is 0 Å². The van der Waals surface area contributed by atoms with Crippen molar-refractivity contribution in [2.24, 2.45) is 0 Å². The SMILES string of the molecule is CCOC(=O)CC#Cc1ccc2[nH]cc(C(=O)OCC)c(=O)c2c1. The van der Waals surface area contributed by atoms with Crippen molar-refractivity contribution in [1.82, 2.24) is 4.98 Å². The van der Waals surface area contributed by atoms with Crippen molar-refractivity contribution in [1.29, 1.82) is 0 Å². The molecule has 0 aliphatic rings. The zero-order valence-electron chi connectivity index (χ0n) is 13.5. The highest BCUT2D eigenvalue weighted by atomic mass is 16.5. The van der Waals surface area contributed by atoms with E-state index in [4.69, 9.17) is 9.47 Å². The molecule has 1 aromatic carbocycles. The number of rotatable bonds is 4. The summed E-state index contributed by atoms with van der Waals surface area (Å²) in [5.74, 6) is 4.44. The number of benzene rings is 1. The maximum atomic E-state index is 12.4. The predicted octanol–water partition coefficient (Wildman–Crippen LogP) is 2.01. The van der Waals surface area contributed by atoms with Gasteiger partial charge < -0.3 is 14.5 Å². The quantitative estimate of drug-likeness (QED) is 0.686. The first-order valence-electron chi connectivity index (χ1n) is 7.53. The van der Waals surface area contributed by atoms with Gasteiger partial charge in [0.1, 0.15) is 12.0 Å². The van der Waals surface area contributed by atoms with Crippen LogP contribution in [0.2, 0.25) is 0 Å². The third kappa shape index (κ3) is 4.02. The van der Waals surface area contributed by atoms with Crippen LogP contribution in [0.4, 0.5) is 0 Å². The molecule has 0 saturated carbocycles. The molecule has 2 aromatic rings. The van der Waals surface area contributed by atoms with Crippen LogP contribution >= 0.6 is 0 Å². The van der Waals surface area contributed by atoms with Crippen molar-refractivity contribution < 1.29 is 19.1 Å². The van der Waals surface area contributed by atoms with E-state index in [1.807, 2.05) is 0 Å². The van der Waals surface area contributed by atoms with Crippen molar-refractivity contribution in [3.63, 3.8) is 0 Å². The second-order valence-electron chi connectivity index (χ2n) is 4.80. The first-order valence-corrected chi connectivity index (χ1v) is 7.53. The first kappa shape index (κ1) is 17.3. The van der Waals surface area contributed by atoms with E-state index in [9.17, 15) is 14.4 Å². The number of carbonyl (C=O) groups is 2. The van der Waals surface area contributed by atoms with Gasteiger partial charge in [0.15, 0.2) is 0 Å². The van der Waals surface area contributed by atoms with Crippen molar-refractivity contribution in [3.8, 4) is 11.8 Å². The summed E-state index contributed by atoms with van der Waals surface area (Å²) in [7, 11) is 0. The Morgan fingerprint density at radius 1 is 1.17 bits per heavy atom. The predicted molar refractivity (Wildman–Crippen MR) is 88.7 cm³/mol. The van der Waals surface area contributed by atoms with E-state index in [0.29, 0.717) is 23.1 Å². The minimum absolute atomic E-state index is 0.0227. The number of esters is 2. The highest BCUT2D eigenvalue weighted by Gasteiger charge is 2.13. The summed E-state index contributed by atoms with van der Waals surface area (Å²) < 4.78 is 9.65. The maximum Gasteiger partial charge on any atom is 0.343 e. The van der Waals surface area contributed by atoms with Gasteiger partial charge in [0.05, 0.1) is 13.2 Å². The van der Waals surface area contributed by atoms with Crippen LogP contribution in [0.25, 0.3) is 10.9 Å². The van der Waals surface area contributed by atoms with E-state index in [0.717, 1.165) is 0 Å². The maximum absolute atomic E-state index is 12.4. The summed E-state index contributed by atoms with van der Waals surface area (Å²) >= 11 is 0. The van der Waals surface area contributed by atoms with Crippen LogP contribution in [-0.4, -0.2) is 30.1 Å². The van der Waals surface area contributed by atoms with Crippen LogP contribution in [-0.2, 0) is 14.3 Å². The molecule has 24 heavy (non-hydrogen) atoms. The molecule has 1 N–H and O–H groups in total. The summed E-state index contributed by atoms with van der Waals surface area (Å²) in [6.45, 7) is 3.89. The highest BCUT2D eigenvalue weighted by molar-refractivity contribution is 5.93. The Balaban J connectivity index is 2.34. The molecule has 0 aliphatic heterocycles. The topological polar surface area (TPSA) is 85.5 Å². The number of hydrogen-bond donors (Lipinski definition) is 1.